The van der Waals surface area contributed by atoms with Crippen molar-refractivity contribution in [3.05, 3.63) is 53.9 Å². The molecule has 0 saturated heterocycles. The minimum Gasteiger partial charge on any atom is -0.465 e. The fourth-order valence-electron chi connectivity index (χ4n) is 3.80. The van der Waals surface area contributed by atoms with Crippen LogP contribution in [0.25, 0.3) is 11.0 Å². The van der Waals surface area contributed by atoms with Gasteiger partial charge in [0.2, 0.25) is 0 Å². The molecule has 1 aliphatic rings. The van der Waals surface area contributed by atoms with Crippen molar-refractivity contribution in [2.24, 2.45) is 5.92 Å². The maximum atomic E-state index is 11.7. The number of pyridine rings is 1. The molecule has 146 valence electrons. The van der Waals surface area contributed by atoms with Crippen molar-refractivity contribution in [1.29, 1.82) is 0 Å². The van der Waals surface area contributed by atoms with Crippen molar-refractivity contribution >= 4 is 28.8 Å². The lowest BCUT2D eigenvalue weighted by Crippen LogP contribution is -2.10. The number of benzene rings is 1. The van der Waals surface area contributed by atoms with E-state index in [0.717, 1.165) is 33.4 Å². The molecule has 5 nitrogen and oxygen atoms in total. The summed E-state index contributed by atoms with van der Waals surface area (Å²) in [4.78, 5) is 20.8. The summed E-state index contributed by atoms with van der Waals surface area (Å²) in [5.74, 6) is 1.61. The van der Waals surface area contributed by atoms with Crippen LogP contribution in [0, 0.1) is 5.92 Å². The highest BCUT2D eigenvalue weighted by Crippen LogP contribution is 2.31. The Kier molecular flexibility index (Phi) is 5.95. The molecule has 1 aliphatic carbocycles. The Hall–Kier alpha value is -2.34. The molecule has 0 spiro atoms. The molecule has 6 heteroatoms. The van der Waals surface area contributed by atoms with E-state index in [1.165, 1.54) is 39.2 Å². The number of ether oxygens (including phenoxy) is 1. The van der Waals surface area contributed by atoms with Gasteiger partial charge in [-0.3, -0.25) is 4.98 Å². The minimum absolute atomic E-state index is 0.312. The molecule has 2 aromatic heterocycles. The van der Waals surface area contributed by atoms with Crippen molar-refractivity contribution < 1.29 is 9.53 Å². The van der Waals surface area contributed by atoms with Crippen molar-refractivity contribution in [1.82, 2.24) is 14.5 Å². The van der Waals surface area contributed by atoms with Crippen LogP contribution in [-0.4, -0.2) is 33.4 Å². The van der Waals surface area contributed by atoms with Crippen LogP contribution >= 0.6 is 11.8 Å². The number of thioether (sulfide) groups is 1. The highest BCUT2D eigenvalue weighted by atomic mass is 32.2. The normalized spacial score (nSPS) is 15.0. The predicted molar refractivity (Wildman–Crippen MR) is 112 cm³/mol. The molecule has 0 unspecified atom stereocenters. The zero-order valence-electron chi connectivity index (χ0n) is 16.1. The Morgan fingerprint density at radius 1 is 1.18 bits per heavy atom. The SMILES string of the molecule is COC(=O)c1ccc(Cn2c(SCC3CCCCC3)nc3ccncc32)cc1. The molecule has 3 aromatic rings. The number of hydrogen-bond donors (Lipinski definition) is 0. The number of rotatable bonds is 6. The van der Waals surface area contributed by atoms with Gasteiger partial charge in [0.25, 0.3) is 0 Å². The third kappa shape index (κ3) is 4.22. The molecule has 1 fully saturated rings. The fraction of sp³-hybridized carbons (Fsp3) is 0.409. The largest absolute Gasteiger partial charge is 0.465 e. The van der Waals surface area contributed by atoms with Gasteiger partial charge in [0, 0.05) is 11.9 Å². The topological polar surface area (TPSA) is 57.0 Å². The number of hydrogen-bond acceptors (Lipinski definition) is 5. The summed E-state index contributed by atoms with van der Waals surface area (Å²) >= 11 is 1.86. The second-order valence-electron chi connectivity index (χ2n) is 7.35. The zero-order chi connectivity index (χ0) is 19.3. The van der Waals surface area contributed by atoms with Gasteiger partial charge in [-0.1, -0.05) is 43.2 Å². The first-order chi connectivity index (χ1) is 13.7. The second kappa shape index (κ2) is 8.78. The van der Waals surface area contributed by atoms with Crippen LogP contribution < -0.4 is 0 Å². The van der Waals surface area contributed by atoms with E-state index < -0.39 is 0 Å². The van der Waals surface area contributed by atoms with Crippen LogP contribution in [0.5, 0.6) is 0 Å². The predicted octanol–water partition coefficient (Wildman–Crippen LogP) is 4.94. The molecule has 28 heavy (non-hydrogen) atoms. The number of aromatic nitrogens is 3. The molecule has 2 heterocycles. The lowest BCUT2D eigenvalue weighted by atomic mass is 9.91. The minimum atomic E-state index is -0.312. The van der Waals surface area contributed by atoms with Crippen molar-refractivity contribution in [2.75, 3.05) is 12.9 Å². The van der Waals surface area contributed by atoms with Gasteiger partial charge in [-0.25, -0.2) is 9.78 Å². The molecule has 1 aromatic carbocycles. The molecular formula is C22H25N3O2S. The molecule has 0 atom stereocenters. The summed E-state index contributed by atoms with van der Waals surface area (Å²) in [6.07, 6.45) is 10.5. The second-order valence-corrected chi connectivity index (χ2v) is 8.34. The lowest BCUT2D eigenvalue weighted by molar-refractivity contribution is 0.0600. The molecule has 0 amide bonds. The standard InChI is InChI=1S/C22H25N3O2S/c1-27-21(26)18-9-7-16(8-10-18)14-25-20-13-23-12-11-19(20)24-22(25)28-15-17-5-3-2-4-6-17/h7-13,17H,2-6,14-15H2,1H3. The quantitative estimate of drug-likeness (QED) is 0.437. The third-order valence-electron chi connectivity index (χ3n) is 5.40. The first kappa shape index (κ1) is 19.0. The fourth-order valence-corrected chi connectivity index (χ4v) is 5.00. The van der Waals surface area contributed by atoms with E-state index in [2.05, 4.69) is 9.55 Å². The summed E-state index contributed by atoms with van der Waals surface area (Å²) in [5.41, 5.74) is 3.71. The van der Waals surface area contributed by atoms with Gasteiger partial charge in [-0.05, 0) is 42.5 Å². The van der Waals surface area contributed by atoms with Gasteiger partial charge in [0.15, 0.2) is 5.16 Å². The van der Waals surface area contributed by atoms with Crippen LogP contribution in [-0.2, 0) is 11.3 Å². The molecular weight excluding hydrogens is 370 g/mol. The molecule has 0 aliphatic heterocycles. The molecule has 1 saturated carbocycles. The first-order valence-corrected chi connectivity index (χ1v) is 10.8. The summed E-state index contributed by atoms with van der Waals surface area (Å²) in [7, 11) is 1.40. The van der Waals surface area contributed by atoms with Crippen molar-refractivity contribution in [3.8, 4) is 0 Å². The number of carbonyl (C=O) groups is 1. The average Bonchev–Trinajstić information content (AvgIpc) is 3.10. The Morgan fingerprint density at radius 3 is 2.71 bits per heavy atom. The molecule has 0 bridgehead atoms. The first-order valence-electron chi connectivity index (χ1n) is 9.85. The number of imidazole rings is 1. The number of fused-ring (bicyclic) bond motifs is 1. The summed E-state index contributed by atoms with van der Waals surface area (Å²) < 4.78 is 7.02. The van der Waals surface area contributed by atoms with Gasteiger partial charge >= 0.3 is 5.97 Å². The van der Waals surface area contributed by atoms with E-state index in [1.807, 2.05) is 48.3 Å². The lowest BCUT2D eigenvalue weighted by Gasteiger charge is -2.21. The summed E-state index contributed by atoms with van der Waals surface area (Å²) in [5, 5.41) is 1.05. The van der Waals surface area contributed by atoms with E-state index in [1.54, 1.807) is 6.20 Å². The van der Waals surface area contributed by atoms with Crippen LogP contribution in [0.15, 0.2) is 47.9 Å². The molecule has 0 radical (unpaired) electrons. The Balaban J connectivity index is 1.56. The maximum absolute atomic E-state index is 11.7. The van der Waals surface area contributed by atoms with E-state index in [9.17, 15) is 4.79 Å². The van der Waals surface area contributed by atoms with Crippen LogP contribution in [0.1, 0.15) is 48.0 Å². The van der Waals surface area contributed by atoms with E-state index in [0.29, 0.717) is 12.1 Å². The van der Waals surface area contributed by atoms with Crippen LogP contribution in [0.4, 0.5) is 0 Å². The number of carbonyl (C=O) groups excluding carboxylic acids is 1. The van der Waals surface area contributed by atoms with Gasteiger partial charge < -0.3 is 9.30 Å². The van der Waals surface area contributed by atoms with Crippen molar-refractivity contribution in [3.63, 3.8) is 0 Å². The summed E-state index contributed by atoms with van der Waals surface area (Å²) in [6, 6.07) is 9.55. The van der Waals surface area contributed by atoms with Crippen LogP contribution in [0.2, 0.25) is 0 Å². The number of esters is 1. The zero-order valence-corrected chi connectivity index (χ0v) is 17.0. The highest BCUT2D eigenvalue weighted by Gasteiger charge is 2.17. The smallest absolute Gasteiger partial charge is 0.337 e. The molecule has 0 N–H and O–H groups in total. The van der Waals surface area contributed by atoms with Gasteiger partial charge in [-0.15, -0.1) is 0 Å². The number of methoxy groups -OCH3 is 1. The van der Waals surface area contributed by atoms with E-state index in [-0.39, 0.29) is 5.97 Å². The van der Waals surface area contributed by atoms with E-state index >= 15 is 0 Å². The van der Waals surface area contributed by atoms with Crippen LogP contribution in [0.3, 0.4) is 0 Å². The Labute approximate surface area is 169 Å². The summed E-state index contributed by atoms with van der Waals surface area (Å²) in [6.45, 7) is 0.705. The Bertz CT molecular complexity index is 946. The monoisotopic (exact) mass is 395 g/mol. The highest BCUT2D eigenvalue weighted by molar-refractivity contribution is 7.99. The van der Waals surface area contributed by atoms with Gasteiger partial charge in [0.1, 0.15) is 0 Å². The van der Waals surface area contributed by atoms with Gasteiger partial charge in [-0.2, -0.15) is 0 Å². The Morgan fingerprint density at radius 2 is 1.96 bits per heavy atom. The van der Waals surface area contributed by atoms with Crippen molar-refractivity contribution in [2.45, 2.75) is 43.8 Å². The molecule has 4 rings (SSSR count). The third-order valence-corrected chi connectivity index (χ3v) is 6.61. The van der Waals surface area contributed by atoms with Gasteiger partial charge in [0.05, 0.1) is 36.4 Å². The average molecular weight is 396 g/mol. The number of nitrogens with zero attached hydrogens (tertiary/aromatic N) is 3. The van der Waals surface area contributed by atoms with E-state index in [4.69, 9.17) is 9.72 Å². The maximum Gasteiger partial charge on any atom is 0.337 e.